The summed E-state index contributed by atoms with van der Waals surface area (Å²) < 4.78 is 4.97. The normalized spacial score (nSPS) is 11.9. The fraction of sp³-hybridized carbons (Fsp3) is 0.467. The van der Waals surface area contributed by atoms with Gasteiger partial charge in [0.15, 0.2) is 0 Å². The lowest BCUT2D eigenvalue weighted by Crippen LogP contribution is -2.44. The first-order valence-corrected chi connectivity index (χ1v) is 6.60. The third kappa shape index (κ3) is 4.66. The maximum atomic E-state index is 11.6. The molecule has 1 aromatic carbocycles. The van der Waals surface area contributed by atoms with Crippen molar-refractivity contribution in [2.24, 2.45) is 0 Å². The Morgan fingerprint density at radius 3 is 2.40 bits per heavy atom. The second-order valence-electron chi connectivity index (χ2n) is 4.67. The monoisotopic (exact) mass is 279 g/mol. The molecule has 5 nitrogen and oxygen atoms in total. The minimum Gasteiger partial charge on any atom is -0.480 e. The van der Waals surface area contributed by atoms with E-state index in [1.165, 1.54) is 0 Å². The van der Waals surface area contributed by atoms with Crippen LogP contribution >= 0.6 is 0 Å². The number of carbonyl (C=O) groups excluding carboxylic acids is 1. The Balaban J connectivity index is 2.78. The Morgan fingerprint density at radius 1 is 1.30 bits per heavy atom. The molecule has 2 N–H and O–H groups in total. The van der Waals surface area contributed by atoms with E-state index < -0.39 is 17.9 Å². The molecule has 0 aliphatic heterocycles. The molecule has 1 atom stereocenters. The number of carbonyl (C=O) groups is 2. The van der Waals surface area contributed by atoms with E-state index in [0.717, 1.165) is 16.7 Å². The number of rotatable bonds is 7. The van der Waals surface area contributed by atoms with Crippen molar-refractivity contribution in [1.82, 2.24) is 5.32 Å². The van der Waals surface area contributed by atoms with Crippen LogP contribution in [0.2, 0.25) is 0 Å². The third-order valence-corrected chi connectivity index (χ3v) is 3.12. The predicted molar refractivity (Wildman–Crippen MR) is 75.7 cm³/mol. The van der Waals surface area contributed by atoms with Gasteiger partial charge in [0.05, 0.1) is 0 Å². The molecule has 0 heterocycles. The Bertz CT molecular complexity index is 465. The highest BCUT2D eigenvalue weighted by molar-refractivity contribution is 5.84. The summed E-state index contributed by atoms with van der Waals surface area (Å²) in [7, 11) is 0. The summed E-state index contributed by atoms with van der Waals surface area (Å²) in [6.07, 6.45) is 0.270. The molecular formula is C15H21NO4. The Hall–Kier alpha value is -1.88. The quantitative estimate of drug-likeness (QED) is 0.792. The van der Waals surface area contributed by atoms with E-state index in [1.54, 1.807) is 6.92 Å². The van der Waals surface area contributed by atoms with Crippen LogP contribution < -0.4 is 5.32 Å². The number of carboxylic acids is 1. The van der Waals surface area contributed by atoms with E-state index in [0.29, 0.717) is 6.61 Å². The van der Waals surface area contributed by atoms with E-state index in [9.17, 15) is 14.7 Å². The maximum Gasteiger partial charge on any atom is 0.326 e. The van der Waals surface area contributed by atoms with Gasteiger partial charge in [0.2, 0.25) is 5.91 Å². The van der Waals surface area contributed by atoms with E-state index in [1.807, 2.05) is 32.0 Å². The van der Waals surface area contributed by atoms with Crippen molar-refractivity contribution in [2.75, 3.05) is 13.2 Å². The molecule has 1 amide bonds. The average molecular weight is 279 g/mol. The van der Waals surface area contributed by atoms with Gasteiger partial charge in [-0.25, -0.2) is 4.79 Å². The fourth-order valence-electron chi connectivity index (χ4n) is 2.01. The van der Waals surface area contributed by atoms with Crippen molar-refractivity contribution in [3.05, 3.63) is 34.9 Å². The first-order chi connectivity index (χ1) is 9.45. The van der Waals surface area contributed by atoms with Gasteiger partial charge < -0.3 is 15.2 Å². The van der Waals surface area contributed by atoms with Crippen molar-refractivity contribution in [2.45, 2.75) is 33.2 Å². The van der Waals surface area contributed by atoms with E-state index >= 15 is 0 Å². The molecule has 1 aromatic rings. The van der Waals surface area contributed by atoms with Gasteiger partial charge in [-0.3, -0.25) is 4.79 Å². The second-order valence-corrected chi connectivity index (χ2v) is 4.67. The summed E-state index contributed by atoms with van der Waals surface area (Å²) in [6.45, 7) is 5.94. The van der Waals surface area contributed by atoms with Crippen LogP contribution in [0.1, 0.15) is 23.6 Å². The SMILES string of the molecule is CCOCC(=O)N[C@H](Cc1c(C)cccc1C)C(=O)O. The van der Waals surface area contributed by atoms with Gasteiger partial charge in [0.1, 0.15) is 12.6 Å². The highest BCUT2D eigenvalue weighted by Crippen LogP contribution is 2.15. The summed E-state index contributed by atoms with van der Waals surface area (Å²) >= 11 is 0. The smallest absolute Gasteiger partial charge is 0.326 e. The Labute approximate surface area is 118 Å². The number of amides is 1. The lowest BCUT2D eigenvalue weighted by molar-refractivity contribution is -0.142. The lowest BCUT2D eigenvalue weighted by Gasteiger charge is -2.17. The average Bonchev–Trinajstić information content (AvgIpc) is 2.39. The Kier molecular flexibility index (Phi) is 6.18. The van der Waals surface area contributed by atoms with Gasteiger partial charge in [-0.2, -0.15) is 0 Å². The van der Waals surface area contributed by atoms with Crippen LogP contribution in [0.4, 0.5) is 0 Å². The van der Waals surface area contributed by atoms with Gasteiger partial charge in [-0.15, -0.1) is 0 Å². The van der Waals surface area contributed by atoms with E-state index in [2.05, 4.69) is 5.32 Å². The third-order valence-electron chi connectivity index (χ3n) is 3.12. The molecule has 0 bridgehead atoms. The number of ether oxygens (including phenoxy) is 1. The number of nitrogens with one attached hydrogen (secondary N) is 1. The van der Waals surface area contributed by atoms with Crippen molar-refractivity contribution < 1.29 is 19.4 Å². The van der Waals surface area contributed by atoms with Gasteiger partial charge in [-0.05, 0) is 37.5 Å². The van der Waals surface area contributed by atoms with Gasteiger partial charge in [-0.1, -0.05) is 18.2 Å². The summed E-state index contributed by atoms with van der Waals surface area (Å²) in [6, 6.07) is 4.85. The molecule has 0 unspecified atom stereocenters. The van der Waals surface area contributed by atoms with Crippen LogP contribution in [0.3, 0.4) is 0 Å². The van der Waals surface area contributed by atoms with Gasteiger partial charge in [0.25, 0.3) is 0 Å². The molecule has 0 radical (unpaired) electrons. The summed E-state index contributed by atoms with van der Waals surface area (Å²) in [5, 5.41) is 11.7. The summed E-state index contributed by atoms with van der Waals surface area (Å²) in [4.78, 5) is 22.9. The molecule has 0 saturated carbocycles. The molecule has 0 aliphatic rings. The molecule has 110 valence electrons. The molecule has 0 saturated heterocycles. The first-order valence-electron chi connectivity index (χ1n) is 6.60. The number of benzene rings is 1. The van der Waals surface area contributed by atoms with Crippen LogP contribution in [0, 0.1) is 13.8 Å². The maximum absolute atomic E-state index is 11.6. The zero-order chi connectivity index (χ0) is 15.1. The number of aliphatic carboxylic acids is 1. The zero-order valence-corrected chi connectivity index (χ0v) is 12.1. The fourth-order valence-corrected chi connectivity index (χ4v) is 2.01. The number of carboxylic acid groups (broad SMARTS) is 1. The molecule has 1 rings (SSSR count). The van der Waals surface area contributed by atoms with Crippen LogP contribution in [0.5, 0.6) is 0 Å². The second kappa shape index (κ2) is 7.65. The first kappa shape index (κ1) is 16.2. The highest BCUT2D eigenvalue weighted by atomic mass is 16.5. The van der Waals surface area contributed by atoms with Crippen molar-refractivity contribution in [3.8, 4) is 0 Å². The van der Waals surface area contributed by atoms with Crippen molar-refractivity contribution in [3.63, 3.8) is 0 Å². The minimum atomic E-state index is -1.04. The Morgan fingerprint density at radius 2 is 1.90 bits per heavy atom. The molecule has 0 spiro atoms. The summed E-state index contributed by atoms with van der Waals surface area (Å²) in [5.74, 6) is -1.46. The highest BCUT2D eigenvalue weighted by Gasteiger charge is 2.21. The van der Waals surface area contributed by atoms with Crippen molar-refractivity contribution >= 4 is 11.9 Å². The molecule has 20 heavy (non-hydrogen) atoms. The minimum absolute atomic E-state index is 0.118. The van der Waals surface area contributed by atoms with Crippen LogP contribution in [-0.4, -0.2) is 36.2 Å². The number of aryl methyl sites for hydroxylation is 2. The van der Waals surface area contributed by atoms with E-state index in [-0.39, 0.29) is 13.0 Å². The lowest BCUT2D eigenvalue weighted by atomic mass is 9.96. The van der Waals surface area contributed by atoms with Crippen molar-refractivity contribution in [1.29, 1.82) is 0 Å². The number of hydrogen-bond acceptors (Lipinski definition) is 3. The van der Waals surface area contributed by atoms with E-state index in [4.69, 9.17) is 4.74 Å². The van der Waals surface area contributed by atoms with Crippen LogP contribution in [-0.2, 0) is 20.7 Å². The zero-order valence-electron chi connectivity index (χ0n) is 12.1. The molecule has 0 fully saturated rings. The topological polar surface area (TPSA) is 75.6 Å². The molecule has 0 aliphatic carbocycles. The predicted octanol–water partition coefficient (Wildman–Crippen LogP) is 1.45. The van der Waals surface area contributed by atoms with Crippen LogP contribution in [0.15, 0.2) is 18.2 Å². The molecular weight excluding hydrogens is 258 g/mol. The molecule has 0 aromatic heterocycles. The summed E-state index contributed by atoms with van der Waals surface area (Å²) in [5.41, 5.74) is 3.00. The van der Waals surface area contributed by atoms with Crippen LogP contribution in [0.25, 0.3) is 0 Å². The van der Waals surface area contributed by atoms with Gasteiger partial charge in [0, 0.05) is 13.0 Å². The number of hydrogen-bond donors (Lipinski definition) is 2. The van der Waals surface area contributed by atoms with Gasteiger partial charge >= 0.3 is 5.97 Å². The molecule has 5 heteroatoms. The standard InChI is InChI=1S/C15H21NO4/c1-4-20-9-14(17)16-13(15(18)19)8-12-10(2)6-5-7-11(12)3/h5-7,13H,4,8-9H2,1-3H3,(H,16,17)(H,18,19)/t13-/m1/s1. The largest absolute Gasteiger partial charge is 0.480 e.